The number of nitrogen functional groups attached to an aromatic ring is 1. The number of carbonyl (C=O) groups is 1. The normalized spacial score (nSPS) is 18.1. The van der Waals surface area contributed by atoms with Crippen LogP contribution in [0, 0.1) is 5.41 Å². The van der Waals surface area contributed by atoms with Gasteiger partial charge in [0.1, 0.15) is 0 Å². The summed E-state index contributed by atoms with van der Waals surface area (Å²) in [5, 5.41) is 0.596. The van der Waals surface area contributed by atoms with Gasteiger partial charge in [0, 0.05) is 18.8 Å². The molecule has 0 radical (unpaired) electrons. The fourth-order valence-electron chi connectivity index (χ4n) is 2.22. The molecule has 1 heterocycles. The fraction of sp³-hybridized carbons (Fsp3) is 0.462. The standard InChI is InChI=1S/C13H16Cl2N2O/c1-13(2)3-4-17(7-13)12(18)9-5-8(16)6-10(14)11(9)15/h5-6H,3-4,7,16H2,1-2H3. The summed E-state index contributed by atoms with van der Waals surface area (Å²) >= 11 is 12.0. The van der Waals surface area contributed by atoms with E-state index in [9.17, 15) is 4.79 Å². The molecule has 98 valence electrons. The molecule has 0 unspecified atom stereocenters. The molecule has 18 heavy (non-hydrogen) atoms. The zero-order chi connectivity index (χ0) is 13.5. The highest BCUT2D eigenvalue weighted by Crippen LogP contribution is 2.33. The first-order chi connectivity index (χ1) is 8.30. The van der Waals surface area contributed by atoms with Crippen molar-refractivity contribution < 1.29 is 4.79 Å². The average molecular weight is 287 g/mol. The van der Waals surface area contributed by atoms with Gasteiger partial charge in [0.25, 0.3) is 5.91 Å². The highest BCUT2D eigenvalue weighted by molar-refractivity contribution is 6.44. The van der Waals surface area contributed by atoms with E-state index in [2.05, 4.69) is 13.8 Å². The second-order valence-corrected chi connectivity index (χ2v) is 6.29. The Morgan fingerprint density at radius 3 is 2.61 bits per heavy atom. The Bertz CT molecular complexity index is 500. The maximum atomic E-state index is 12.4. The molecule has 2 rings (SSSR count). The molecule has 1 fully saturated rings. The van der Waals surface area contributed by atoms with E-state index in [1.165, 1.54) is 0 Å². The third-order valence-corrected chi connectivity index (χ3v) is 4.05. The number of nitrogens with zero attached hydrogens (tertiary/aromatic N) is 1. The molecule has 0 bridgehead atoms. The number of hydrogen-bond donors (Lipinski definition) is 1. The molecule has 1 amide bonds. The fourth-order valence-corrected chi connectivity index (χ4v) is 2.64. The van der Waals surface area contributed by atoms with Gasteiger partial charge < -0.3 is 10.6 Å². The van der Waals surface area contributed by atoms with Crippen molar-refractivity contribution in [1.29, 1.82) is 0 Å². The Labute approximate surface area is 117 Å². The number of amides is 1. The van der Waals surface area contributed by atoms with E-state index in [0.717, 1.165) is 19.5 Å². The SMILES string of the molecule is CC1(C)CCN(C(=O)c2cc(N)cc(Cl)c2Cl)C1. The molecule has 1 aromatic carbocycles. The van der Waals surface area contributed by atoms with Crippen molar-refractivity contribution in [1.82, 2.24) is 4.90 Å². The first-order valence-electron chi connectivity index (χ1n) is 5.84. The lowest BCUT2D eigenvalue weighted by Crippen LogP contribution is -2.30. The molecular weight excluding hydrogens is 271 g/mol. The Hall–Kier alpha value is -0.930. The Balaban J connectivity index is 2.30. The van der Waals surface area contributed by atoms with E-state index in [4.69, 9.17) is 28.9 Å². The summed E-state index contributed by atoms with van der Waals surface area (Å²) in [4.78, 5) is 14.2. The number of carbonyl (C=O) groups excluding carboxylic acids is 1. The number of halogens is 2. The summed E-state index contributed by atoms with van der Waals surface area (Å²) in [7, 11) is 0. The van der Waals surface area contributed by atoms with Crippen molar-refractivity contribution in [3.05, 3.63) is 27.7 Å². The molecule has 0 spiro atoms. The maximum absolute atomic E-state index is 12.4. The van der Waals surface area contributed by atoms with Crippen LogP contribution in [0.4, 0.5) is 5.69 Å². The van der Waals surface area contributed by atoms with Gasteiger partial charge in [-0.1, -0.05) is 37.0 Å². The third kappa shape index (κ3) is 2.57. The summed E-state index contributed by atoms with van der Waals surface area (Å²) in [5.41, 5.74) is 6.70. The van der Waals surface area contributed by atoms with E-state index in [1.807, 2.05) is 0 Å². The number of likely N-dealkylation sites (tertiary alicyclic amines) is 1. The van der Waals surface area contributed by atoms with Gasteiger partial charge in [-0.05, 0) is 24.0 Å². The molecule has 0 atom stereocenters. The van der Waals surface area contributed by atoms with Gasteiger partial charge in [-0.25, -0.2) is 0 Å². The Morgan fingerprint density at radius 1 is 1.39 bits per heavy atom. The molecule has 5 heteroatoms. The molecule has 3 nitrogen and oxygen atoms in total. The monoisotopic (exact) mass is 286 g/mol. The van der Waals surface area contributed by atoms with Crippen LogP contribution in [0.15, 0.2) is 12.1 Å². The van der Waals surface area contributed by atoms with Crippen molar-refractivity contribution in [2.24, 2.45) is 5.41 Å². The molecule has 1 saturated heterocycles. The van der Waals surface area contributed by atoms with E-state index in [1.54, 1.807) is 17.0 Å². The molecule has 0 aliphatic carbocycles. The van der Waals surface area contributed by atoms with Crippen LogP contribution in [0.2, 0.25) is 10.0 Å². The topological polar surface area (TPSA) is 46.3 Å². The number of anilines is 1. The molecule has 0 aromatic heterocycles. The summed E-state index contributed by atoms with van der Waals surface area (Å²) in [6, 6.07) is 3.14. The van der Waals surface area contributed by atoms with E-state index < -0.39 is 0 Å². The molecule has 0 saturated carbocycles. The molecule has 1 aromatic rings. The summed E-state index contributed by atoms with van der Waals surface area (Å²) < 4.78 is 0. The van der Waals surface area contributed by atoms with Crippen molar-refractivity contribution >= 4 is 34.8 Å². The van der Waals surface area contributed by atoms with Crippen LogP contribution in [0.25, 0.3) is 0 Å². The van der Waals surface area contributed by atoms with Crippen LogP contribution in [-0.2, 0) is 0 Å². The van der Waals surface area contributed by atoms with Crippen molar-refractivity contribution in [2.75, 3.05) is 18.8 Å². The van der Waals surface area contributed by atoms with Gasteiger partial charge in [-0.15, -0.1) is 0 Å². The molecule has 1 aliphatic heterocycles. The second-order valence-electron chi connectivity index (χ2n) is 5.51. The average Bonchev–Trinajstić information content (AvgIpc) is 2.63. The summed E-state index contributed by atoms with van der Waals surface area (Å²) in [6.07, 6.45) is 0.992. The highest BCUT2D eigenvalue weighted by atomic mass is 35.5. The first kappa shape index (κ1) is 13.5. The minimum atomic E-state index is -0.0974. The van der Waals surface area contributed by atoms with Crippen LogP contribution in [0.3, 0.4) is 0 Å². The highest BCUT2D eigenvalue weighted by Gasteiger charge is 2.33. The largest absolute Gasteiger partial charge is 0.399 e. The minimum absolute atomic E-state index is 0.0974. The lowest BCUT2D eigenvalue weighted by molar-refractivity contribution is 0.0778. The maximum Gasteiger partial charge on any atom is 0.255 e. The number of rotatable bonds is 1. The smallest absolute Gasteiger partial charge is 0.255 e. The van der Waals surface area contributed by atoms with Crippen LogP contribution >= 0.6 is 23.2 Å². The number of hydrogen-bond acceptors (Lipinski definition) is 2. The lowest BCUT2D eigenvalue weighted by atomic mass is 9.93. The van der Waals surface area contributed by atoms with Crippen molar-refractivity contribution in [3.63, 3.8) is 0 Å². The zero-order valence-corrected chi connectivity index (χ0v) is 12.0. The van der Waals surface area contributed by atoms with Gasteiger partial charge in [0.2, 0.25) is 0 Å². The van der Waals surface area contributed by atoms with Crippen LogP contribution in [0.5, 0.6) is 0 Å². The molecule has 1 aliphatic rings. The van der Waals surface area contributed by atoms with Crippen LogP contribution < -0.4 is 5.73 Å². The second kappa shape index (κ2) is 4.63. The van der Waals surface area contributed by atoms with Crippen LogP contribution in [-0.4, -0.2) is 23.9 Å². The number of nitrogens with two attached hydrogens (primary N) is 1. The quantitative estimate of drug-likeness (QED) is 0.804. The Morgan fingerprint density at radius 2 is 2.06 bits per heavy atom. The third-order valence-electron chi connectivity index (χ3n) is 3.25. The van der Waals surface area contributed by atoms with Crippen molar-refractivity contribution in [2.45, 2.75) is 20.3 Å². The van der Waals surface area contributed by atoms with E-state index >= 15 is 0 Å². The van der Waals surface area contributed by atoms with Gasteiger partial charge in [0.05, 0.1) is 15.6 Å². The van der Waals surface area contributed by atoms with E-state index in [0.29, 0.717) is 16.3 Å². The summed E-state index contributed by atoms with van der Waals surface area (Å²) in [6.45, 7) is 5.77. The lowest BCUT2D eigenvalue weighted by Gasteiger charge is -2.20. The van der Waals surface area contributed by atoms with Gasteiger partial charge in [-0.2, -0.15) is 0 Å². The van der Waals surface area contributed by atoms with Crippen molar-refractivity contribution in [3.8, 4) is 0 Å². The molecular formula is C13H16Cl2N2O. The van der Waals surface area contributed by atoms with Gasteiger partial charge in [-0.3, -0.25) is 4.79 Å². The summed E-state index contributed by atoms with van der Waals surface area (Å²) in [5.74, 6) is -0.0974. The van der Waals surface area contributed by atoms with E-state index in [-0.39, 0.29) is 16.3 Å². The minimum Gasteiger partial charge on any atom is -0.399 e. The zero-order valence-electron chi connectivity index (χ0n) is 10.5. The van der Waals surface area contributed by atoms with Crippen LogP contribution in [0.1, 0.15) is 30.6 Å². The Kier molecular flexibility index (Phi) is 3.47. The predicted molar refractivity (Wildman–Crippen MR) is 75.2 cm³/mol. The first-order valence-corrected chi connectivity index (χ1v) is 6.59. The molecule has 2 N–H and O–H groups in total. The number of benzene rings is 1. The van der Waals surface area contributed by atoms with Gasteiger partial charge >= 0.3 is 0 Å². The van der Waals surface area contributed by atoms with Gasteiger partial charge in [0.15, 0.2) is 0 Å². The predicted octanol–water partition coefficient (Wildman–Crippen LogP) is 3.45.